The predicted octanol–water partition coefficient (Wildman–Crippen LogP) is 3.82. The molecular formula is C12H8ClFO3S. The van der Waals surface area contributed by atoms with Gasteiger partial charge in [-0.15, -0.1) is 11.3 Å². The number of benzene rings is 1. The minimum atomic E-state index is -1.04. The number of carboxylic acid groups (broad SMARTS) is 1. The lowest BCUT2D eigenvalue weighted by atomic mass is 10.2. The summed E-state index contributed by atoms with van der Waals surface area (Å²) in [5, 5.41) is 10.8. The lowest BCUT2D eigenvalue weighted by molar-refractivity contribution is 0.0697. The Morgan fingerprint density at radius 1 is 1.44 bits per heavy atom. The molecule has 0 spiro atoms. The lowest BCUT2D eigenvalue weighted by Gasteiger charge is -2.07. The summed E-state index contributed by atoms with van der Waals surface area (Å²) in [6.45, 7) is 0.0934. The quantitative estimate of drug-likeness (QED) is 0.929. The van der Waals surface area contributed by atoms with Crippen LogP contribution in [-0.4, -0.2) is 11.1 Å². The van der Waals surface area contributed by atoms with E-state index in [2.05, 4.69) is 0 Å². The molecule has 0 amide bonds. The van der Waals surface area contributed by atoms with Crippen molar-refractivity contribution in [2.75, 3.05) is 0 Å². The average Bonchev–Trinajstić information content (AvgIpc) is 2.76. The molecule has 6 heteroatoms. The fourth-order valence-electron chi connectivity index (χ4n) is 1.36. The van der Waals surface area contributed by atoms with Crippen molar-refractivity contribution in [3.63, 3.8) is 0 Å². The van der Waals surface area contributed by atoms with E-state index in [4.69, 9.17) is 21.4 Å². The molecule has 94 valence electrons. The van der Waals surface area contributed by atoms with Gasteiger partial charge in [0.2, 0.25) is 0 Å². The number of carbonyl (C=O) groups is 1. The number of aromatic carboxylic acids is 1. The molecule has 0 aliphatic rings. The topological polar surface area (TPSA) is 46.5 Å². The fraction of sp³-hybridized carbons (Fsp3) is 0.0833. The number of hydrogen-bond acceptors (Lipinski definition) is 3. The van der Waals surface area contributed by atoms with Crippen molar-refractivity contribution in [1.82, 2.24) is 0 Å². The van der Waals surface area contributed by atoms with Gasteiger partial charge >= 0.3 is 5.97 Å². The minimum Gasteiger partial charge on any atom is -0.487 e. The molecule has 0 fully saturated rings. The smallest absolute Gasteiger partial charge is 0.349 e. The SMILES string of the molecule is O=C(O)c1sccc1OCc1ccc(F)cc1Cl. The van der Waals surface area contributed by atoms with Gasteiger partial charge in [-0.05, 0) is 23.6 Å². The molecule has 0 aliphatic carbocycles. The van der Waals surface area contributed by atoms with Gasteiger partial charge in [-0.1, -0.05) is 17.7 Å². The first kappa shape index (κ1) is 12.9. The Kier molecular flexibility index (Phi) is 3.84. The van der Waals surface area contributed by atoms with Crippen molar-refractivity contribution < 1.29 is 19.0 Å². The van der Waals surface area contributed by atoms with Crippen molar-refractivity contribution >= 4 is 28.9 Å². The monoisotopic (exact) mass is 286 g/mol. The van der Waals surface area contributed by atoms with E-state index >= 15 is 0 Å². The molecule has 0 aliphatic heterocycles. The zero-order chi connectivity index (χ0) is 13.1. The molecule has 0 radical (unpaired) electrons. The molecule has 0 atom stereocenters. The number of thiophene rings is 1. The average molecular weight is 287 g/mol. The molecule has 1 aromatic heterocycles. The molecule has 2 aromatic rings. The largest absolute Gasteiger partial charge is 0.487 e. The third-order valence-electron chi connectivity index (χ3n) is 2.22. The normalized spacial score (nSPS) is 10.3. The van der Waals surface area contributed by atoms with Crippen LogP contribution < -0.4 is 4.74 Å². The molecule has 1 aromatic carbocycles. The third-order valence-corrected chi connectivity index (χ3v) is 3.46. The van der Waals surface area contributed by atoms with Gasteiger partial charge in [0.05, 0.1) is 5.02 Å². The van der Waals surface area contributed by atoms with Gasteiger partial charge in [0.15, 0.2) is 4.88 Å². The lowest BCUT2D eigenvalue weighted by Crippen LogP contribution is -2.00. The van der Waals surface area contributed by atoms with Gasteiger partial charge in [0.1, 0.15) is 18.2 Å². The summed E-state index contributed by atoms with van der Waals surface area (Å²) in [6.07, 6.45) is 0. The standard InChI is InChI=1S/C12H8ClFO3S/c13-9-5-8(14)2-1-7(9)6-17-10-3-4-18-11(10)12(15)16/h1-5H,6H2,(H,15,16). The Hall–Kier alpha value is -1.59. The van der Waals surface area contributed by atoms with Crippen LogP contribution in [0.25, 0.3) is 0 Å². The van der Waals surface area contributed by atoms with E-state index in [9.17, 15) is 9.18 Å². The summed E-state index contributed by atoms with van der Waals surface area (Å²) < 4.78 is 18.2. The van der Waals surface area contributed by atoms with Gasteiger partial charge in [0, 0.05) is 5.56 Å². The van der Waals surface area contributed by atoms with Crippen LogP contribution >= 0.6 is 22.9 Å². The molecule has 0 saturated heterocycles. The first-order valence-electron chi connectivity index (χ1n) is 4.95. The summed E-state index contributed by atoms with van der Waals surface area (Å²) in [5.74, 6) is -1.18. The van der Waals surface area contributed by atoms with Crippen molar-refractivity contribution in [3.8, 4) is 5.75 Å². The Morgan fingerprint density at radius 2 is 2.22 bits per heavy atom. The minimum absolute atomic E-state index is 0.0934. The molecule has 3 nitrogen and oxygen atoms in total. The number of hydrogen-bond donors (Lipinski definition) is 1. The Labute approximate surface area is 111 Å². The summed E-state index contributed by atoms with van der Waals surface area (Å²) in [7, 11) is 0. The van der Waals surface area contributed by atoms with Crippen LogP contribution in [0, 0.1) is 5.82 Å². The summed E-state index contributed by atoms with van der Waals surface area (Å²) in [4.78, 5) is 11.0. The van der Waals surface area contributed by atoms with E-state index in [1.165, 1.54) is 18.2 Å². The molecule has 18 heavy (non-hydrogen) atoms. The highest BCUT2D eigenvalue weighted by molar-refractivity contribution is 7.12. The van der Waals surface area contributed by atoms with Crippen LogP contribution in [0.2, 0.25) is 5.02 Å². The summed E-state index contributed by atoms with van der Waals surface area (Å²) in [6, 6.07) is 5.54. The van der Waals surface area contributed by atoms with Crippen molar-refractivity contribution in [2.45, 2.75) is 6.61 Å². The van der Waals surface area contributed by atoms with Crippen LogP contribution in [-0.2, 0) is 6.61 Å². The van der Waals surface area contributed by atoms with E-state index in [-0.39, 0.29) is 22.3 Å². The number of carboxylic acids is 1. The Bertz CT molecular complexity index is 582. The van der Waals surface area contributed by atoms with E-state index in [1.807, 2.05) is 0 Å². The van der Waals surface area contributed by atoms with Gasteiger partial charge < -0.3 is 9.84 Å². The van der Waals surface area contributed by atoms with E-state index in [1.54, 1.807) is 11.4 Å². The van der Waals surface area contributed by atoms with Crippen molar-refractivity contribution in [3.05, 3.63) is 50.9 Å². The van der Waals surface area contributed by atoms with E-state index in [0.29, 0.717) is 5.56 Å². The Balaban J connectivity index is 2.11. The number of rotatable bonds is 4. The van der Waals surface area contributed by atoms with Gasteiger partial charge in [-0.3, -0.25) is 0 Å². The maximum Gasteiger partial charge on any atom is 0.349 e. The van der Waals surface area contributed by atoms with Crippen LogP contribution in [0.15, 0.2) is 29.6 Å². The number of ether oxygens (including phenoxy) is 1. The van der Waals surface area contributed by atoms with Crippen LogP contribution in [0.1, 0.15) is 15.2 Å². The van der Waals surface area contributed by atoms with Crippen LogP contribution in [0.5, 0.6) is 5.75 Å². The second kappa shape index (κ2) is 5.37. The van der Waals surface area contributed by atoms with E-state index < -0.39 is 11.8 Å². The summed E-state index contributed by atoms with van der Waals surface area (Å²) >= 11 is 6.92. The van der Waals surface area contributed by atoms with Gasteiger partial charge in [-0.25, -0.2) is 9.18 Å². The molecule has 1 heterocycles. The van der Waals surface area contributed by atoms with Gasteiger partial charge in [0.25, 0.3) is 0 Å². The summed E-state index contributed by atoms with van der Waals surface area (Å²) in [5.41, 5.74) is 0.598. The molecular weight excluding hydrogens is 279 g/mol. The second-order valence-electron chi connectivity index (χ2n) is 3.44. The highest BCUT2D eigenvalue weighted by atomic mass is 35.5. The van der Waals surface area contributed by atoms with Crippen LogP contribution in [0.3, 0.4) is 0 Å². The zero-order valence-electron chi connectivity index (χ0n) is 9.02. The third kappa shape index (κ3) is 2.80. The number of halogens is 2. The first-order chi connectivity index (χ1) is 8.58. The maximum atomic E-state index is 12.8. The van der Waals surface area contributed by atoms with Crippen LogP contribution in [0.4, 0.5) is 4.39 Å². The Morgan fingerprint density at radius 3 is 2.89 bits per heavy atom. The molecule has 0 bridgehead atoms. The molecule has 0 unspecified atom stereocenters. The van der Waals surface area contributed by atoms with Gasteiger partial charge in [-0.2, -0.15) is 0 Å². The van der Waals surface area contributed by atoms with Crippen molar-refractivity contribution in [1.29, 1.82) is 0 Å². The molecule has 2 rings (SSSR count). The fourth-order valence-corrected chi connectivity index (χ4v) is 2.25. The van der Waals surface area contributed by atoms with Crippen molar-refractivity contribution in [2.24, 2.45) is 0 Å². The highest BCUT2D eigenvalue weighted by Gasteiger charge is 2.13. The maximum absolute atomic E-state index is 12.8. The first-order valence-corrected chi connectivity index (χ1v) is 6.21. The zero-order valence-corrected chi connectivity index (χ0v) is 10.6. The molecule has 0 saturated carbocycles. The predicted molar refractivity (Wildman–Crippen MR) is 67.0 cm³/mol. The second-order valence-corrected chi connectivity index (χ2v) is 4.77. The van der Waals surface area contributed by atoms with E-state index in [0.717, 1.165) is 11.3 Å². The highest BCUT2D eigenvalue weighted by Crippen LogP contribution is 2.26. The molecule has 1 N–H and O–H groups in total.